The molecular weight excluding hydrogens is 264 g/mol. The van der Waals surface area contributed by atoms with Crippen LogP contribution in [0.25, 0.3) is 0 Å². The summed E-state index contributed by atoms with van der Waals surface area (Å²) in [5, 5.41) is 2.84. The molecule has 4 nitrogen and oxygen atoms in total. The molecule has 1 rings (SSSR count). The minimum absolute atomic E-state index is 0.0865. The molecule has 0 saturated carbocycles. The molecule has 3 N–H and O–H groups in total. The number of nitrogens with one attached hydrogen (secondary N) is 1. The third-order valence-corrected chi connectivity index (χ3v) is 3.50. The molecule has 21 heavy (non-hydrogen) atoms. The zero-order valence-corrected chi connectivity index (χ0v) is 13.4. The quantitative estimate of drug-likeness (QED) is 0.536. The van der Waals surface area contributed by atoms with Gasteiger partial charge < -0.3 is 15.8 Å². The lowest BCUT2D eigenvalue weighted by atomic mass is 10.1. The fourth-order valence-electron chi connectivity index (χ4n) is 2.12. The van der Waals surface area contributed by atoms with Crippen molar-refractivity contribution in [3.8, 4) is 0 Å². The van der Waals surface area contributed by atoms with Gasteiger partial charge in [-0.15, -0.1) is 0 Å². The second-order valence-electron chi connectivity index (χ2n) is 5.59. The molecule has 1 amide bonds. The number of unbranched alkanes of at least 4 members (excludes halogenated alkanes) is 3. The lowest BCUT2D eigenvalue weighted by molar-refractivity contribution is -0.122. The van der Waals surface area contributed by atoms with Gasteiger partial charge in [0.25, 0.3) is 0 Å². The Labute approximate surface area is 128 Å². The summed E-state index contributed by atoms with van der Waals surface area (Å²) in [6.45, 7) is 6.24. The van der Waals surface area contributed by atoms with E-state index < -0.39 is 0 Å². The van der Waals surface area contributed by atoms with E-state index in [4.69, 9.17) is 10.5 Å². The first kappa shape index (κ1) is 17.5. The van der Waals surface area contributed by atoms with Crippen molar-refractivity contribution in [2.75, 3.05) is 17.7 Å². The van der Waals surface area contributed by atoms with Crippen molar-refractivity contribution in [2.45, 2.75) is 59.0 Å². The largest absolute Gasteiger partial charge is 0.399 e. The summed E-state index contributed by atoms with van der Waals surface area (Å²) in [7, 11) is 0. The van der Waals surface area contributed by atoms with E-state index in [0.717, 1.165) is 24.1 Å². The molecule has 0 heterocycles. The number of benzene rings is 1. The van der Waals surface area contributed by atoms with Crippen LogP contribution in [0.2, 0.25) is 0 Å². The van der Waals surface area contributed by atoms with E-state index in [1.165, 1.54) is 19.3 Å². The van der Waals surface area contributed by atoms with Gasteiger partial charge in [-0.2, -0.15) is 0 Å². The smallest absolute Gasteiger partial charge is 0.250 e. The van der Waals surface area contributed by atoms with Crippen molar-refractivity contribution >= 4 is 17.3 Å². The topological polar surface area (TPSA) is 64.3 Å². The first-order valence-corrected chi connectivity index (χ1v) is 7.80. The highest BCUT2D eigenvalue weighted by molar-refractivity contribution is 5.92. The van der Waals surface area contributed by atoms with Crippen molar-refractivity contribution in [3.05, 3.63) is 23.8 Å². The van der Waals surface area contributed by atoms with Gasteiger partial charge in [0.05, 0.1) is 6.10 Å². The molecule has 4 heteroatoms. The highest BCUT2D eigenvalue weighted by Crippen LogP contribution is 2.18. The first-order valence-electron chi connectivity index (χ1n) is 7.80. The van der Waals surface area contributed by atoms with Crippen molar-refractivity contribution < 1.29 is 9.53 Å². The summed E-state index contributed by atoms with van der Waals surface area (Å²) < 4.78 is 5.58. The maximum absolute atomic E-state index is 11.9. The van der Waals surface area contributed by atoms with Crippen LogP contribution in [0.4, 0.5) is 11.4 Å². The fraction of sp³-hybridized carbons (Fsp3) is 0.588. The summed E-state index contributed by atoms with van der Waals surface area (Å²) in [5.74, 6) is -0.135. The van der Waals surface area contributed by atoms with Gasteiger partial charge in [-0.05, 0) is 38.0 Å². The minimum Gasteiger partial charge on any atom is -0.399 e. The predicted octanol–water partition coefficient (Wildman–Crippen LogP) is 3.89. The van der Waals surface area contributed by atoms with Crippen molar-refractivity contribution in [3.63, 3.8) is 0 Å². The van der Waals surface area contributed by atoms with Crippen LogP contribution < -0.4 is 11.1 Å². The van der Waals surface area contributed by atoms with E-state index in [9.17, 15) is 4.79 Å². The molecule has 0 aliphatic heterocycles. The molecular formula is C17H28N2O2. The lowest BCUT2D eigenvalue weighted by Gasteiger charge is -2.14. The number of amides is 1. The number of ether oxygens (including phenoxy) is 1. The Morgan fingerprint density at radius 3 is 2.81 bits per heavy atom. The van der Waals surface area contributed by atoms with Gasteiger partial charge in [0.1, 0.15) is 6.61 Å². The fourth-order valence-corrected chi connectivity index (χ4v) is 2.12. The summed E-state index contributed by atoms with van der Waals surface area (Å²) >= 11 is 0. The first-order chi connectivity index (χ1) is 10.0. The number of aryl methyl sites for hydroxylation is 1. The third kappa shape index (κ3) is 7.14. The van der Waals surface area contributed by atoms with Gasteiger partial charge in [0, 0.05) is 11.4 Å². The summed E-state index contributed by atoms with van der Waals surface area (Å²) in [4.78, 5) is 11.9. The molecule has 1 aromatic carbocycles. The number of rotatable bonds is 9. The van der Waals surface area contributed by atoms with E-state index in [-0.39, 0.29) is 18.6 Å². The average molecular weight is 292 g/mol. The van der Waals surface area contributed by atoms with Gasteiger partial charge >= 0.3 is 0 Å². The monoisotopic (exact) mass is 292 g/mol. The van der Waals surface area contributed by atoms with Gasteiger partial charge in [0.15, 0.2) is 0 Å². The lowest BCUT2D eigenvalue weighted by Crippen LogP contribution is -2.22. The van der Waals surface area contributed by atoms with Crippen LogP contribution in [0.15, 0.2) is 18.2 Å². The molecule has 0 bridgehead atoms. The van der Waals surface area contributed by atoms with Gasteiger partial charge in [0.2, 0.25) is 5.91 Å². The summed E-state index contributed by atoms with van der Waals surface area (Å²) in [6.07, 6.45) is 6.02. The second kappa shape index (κ2) is 9.40. The van der Waals surface area contributed by atoms with E-state index >= 15 is 0 Å². The number of nitrogens with two attached hydrogens (primary N) is 1. The molecule has 0 spiro atoms. The molecule has 1 atom stereocenters. The number of carbonyl (C=O) groups is 1. The Morgan fingerprint density at radius 1 is 1.33 bits per heavy atom. The Balaban J connectivity index is 2.29. The molecule has 1 aromatic rings. The van der Waals surface area contributed by atoms with Crippen LogP contribution in [-0.2, 0) is 9.53 Å². The second-order valence-corrected chi connectivity index (χ2v) is 5.59. The molecule has 1 unspecified atom stereocenters. The van der Waals surface area contributed by atoms with Gasteiger partial charge in [-0.3, -0.25) is 4.79 Å². The molecule has 0 radical (unpaired) electrons. The number of anilines is 2. The van der Waals surface area contributed by atoms with Crippen LogP contribution in [0, 0.1) is 6.92 Å². The Kier molecular flexibility index (Phi) is 7.83. The maximum Gasteiger partial charge on any atom is 0.250 e. The van der Waals surface area contributed by atoms with Crippen LogP contribution in [0.5, 0.6) is 0 Å². The molecule has 0 aromatic heterocycles. The van der Waals surface area contributed by atoms with Crippen LogP contribution in [0.1, 0.15) is 51.5 Å². The minimum atomic E-state index is -0.135. The Morgan fingerprint density at radius 2 is 2.10 bits per heavy atom. The van der Waals surface area contributed by atoms with E-state index in [2.05, 4.69) is 12.2 Å². The third-order valence-electron chi connectivity index (χ3n) is 3.50. The van der Waals surface area contributed by atoms with Crippen molar-refractivity contribution in [2.24, 2.45) is 0 Å². The standard InChI is InChI=1S/C17H28N2O2/c1-4-5-6-7-8-14(3)21-12-17(20)19-16-11-15(18)10-9-13(16)2/h9-11,14H,4-8,12,18H2,1-3H3,(H,19,20). The highest BCUT2D eigenvalue weighted by atomic mass is 16.5. The van der Waals surface area contributed by atoms with Crippen LogP contribution >= 0.6 is 0 Å². The van der Waals surface area contributed by atoms with Crippen LogP contribution in [-0.4, -0.2) is 18.6 Å². The zero-order chi connectivity index (χ0) is 15.7. The molecule has 0 aliphatic carbocycles. The van der Waals surface area contributed by atoms with E-state index in [1.54, 1.807) is 6.07 Å². The molecule has 0 aliphatic rings. The predicted molar refractivity (Wildman–Crippen MR) is 88.4 cm³/mol. The number of nitrogen functional groups attached to an aromatic ring is 1. The summed E-state index contributed by atoms with van der Waals surface area (Å²) in [5.41, 5.74) is 8.10. The van der Waals surface area contributed by atoms with Crippen LogP contribution in [0.3, 0.4) is 0 Å². The van der Waals surface area contributed by atoms with Crippen molar-refractivity contribution in [1.29, 1.82) is 0 Å². The van der Waals surface area contributed by atoms with E-state index in [1.807, 2.05) is 26.0 Å². The Hall–Kier alpha value is -1.55. The normalized spacial score (nSPS) is 12.1. The number of hydrogen-bond acceptors (Lipinski definition) is 3. The Bertz CT molecular complexity index is 446. The highest BCUT2D eigenvalue weighted by Gasteiger charge is 2.08. The van der Waals surface area contributed by atoms with E-state index in [0.29, 0.717) is 5.69 Å². The zero-order valence-electron chi connectivity index (χ0n) is 13.4. The maximum atomic E-state index is 11.9. The number of carbonyl (C=O) groups excluding carboxylic acids is 1. The molecule has 118 valence electrons. The summed E-state index contributed by atoms with van der Waals surface area (Å²) in [6, 6.07) is 5.48. The molecule has 0 fully saturated rings. The van der Waals surface area contributed by atoms with Crippen molar-refractivity contribution in [1.82, 2.24) is 0 Å². The average Bonchev–Trinajstić information content (AvgIpc) is 2.45. The molecule has 0 saturated heterocycles. The SMILES string of the molecule is CCCCCCC(C)OCC(=O)Nc1cc(N)ccc1C. The number of hydrogen-bond donors (Lipinski definition) is 2. The van der Waals surface area contributed by atoms with Gasteiger partial charge in [-0.25, -0.2) is 0 Å². The van der Waals surface area contributed by atoms with Gasteiger partial charge in [-0.1, -0.05) is 38.7 Å².